The highest BCUT2D eigenvalue weighted by Gasteiger charge is 2.17. The van der Waals surface area contributed by atoms with E-state index in [1.165, 1.54) is 18.3 Å². The van der Waals surface area contributed by atoms with E-state index in [-0.39, 0.29) is 11.1 Å². The number of rotatable bonds is 5. The van der Waals surface area contributed by atoms with Gasteiger partial charge in [0.05, 0.1) is 30.0 Å². The first-order chi connectivity index (χ1) is 14.0. The number of nitrogens with one attached hydrogen (secondary N) is 1. The molecule has 1 fully saturated rings. The van der Waals surface area contributed by atoms with Crippen LogP contribution in [-0.2, 0) is 4.74 Å². The number of hydrogen-bond acceptors (Lipinski definition) is 6. The lowest BCUT2D eigenvalue weighted by Gasteiger charge is -2.29. The van der Waals surface area contributed by atoms with Crippen LogP contribution >= 0.6 is 0 Å². The van der Waals surface area contributed by atoms with Gasteiger partial charge in [-0.15, -0.1) is 0 Å². The minimum Gasteiger partial charge on any atom is -0.478 e. The van der Waals surface area contributed by atoms with Gasteiger partial charge >= 0.3 is 11.9 Å². The number of carboxylic acid groups (broad SMARTS) is 2. The van der Waals surface area contributed by atoms with Crippen LogP contribution in [0.2, 0.25) is 0 Å². The second-order valence-electron chi connectivity index (χ2n) is 6.66. The molecule has 2 aromatic carbocycles. The van der Waals surface area contributed by atoms with Crippen LogP contribution in [-0.4, -0.2) is 53.4 Å². The van der Waals surface area contributed by atoms with Crippen molar-refractivity contribution in [2.24, 2.45) is 0 Å². The number of aromatic carboxylic acids is 2. The van der Waals surface area contributed by atoms with Crippen molar-refractivity contribution in [3.8, 4) is 0 Å². The van der Waals surface area contributed by atoms with Crippen LogP contribution in [0.3, 0.4) is 0 Å². The van der Waals surface area contributed by atoms with Gasteiger partial charge in [-0.1, -0.05) is 0 Å². The summed E-state index contributed by atoms with van der Waals surface area (Å²) in [4.78, 5) is 29.4. The molecule has 29 heavy (non-hydrogen) atoms. The fourth-order valence-corrected chi connectivity index (χ4v) is 3.34. The van der Waals surface area contributed by atoms with Crippen LogP contribution in [0.15, 0.2) is 48.7 Å². The molecule has 1 saturated heterocycles. The third kappa shape index (κ3) is 3.83. The van der Waals surface area contributed by atoms with E-state index >= 15 is 0 Å². The minimum atomic E-state index is -1.15. The lowest BCUT2D eigenvalue weighted by atomic mass is 10.1. The van der Waals surface area contributed by atoms with E-state index in [9.17, 15) is 19.8 Å². The molecule has 0 spiro atoms. The maximum absolute atomic E-state index is 11.7. The molecule has 0 bridgehead atoms. The summed E-state index contributed by atoms with van der Waals surface area (Å²) in [5.74, 6) is -2.24. The third-order valence-electron chi connectivity index (χ3n) is 4.86. The van der Waals surface area contributed by atoms with Gasteiger partial charge in [-0.25, -0.2) is 9.59 Å². The summed E-state index contributed by atoms with van der Waals surface area (Å²) in [5.41, 5.74) is 2.60. The van der Waals surface area contributed by atoms with E-state index in [0.29, 0.717) is 35.5 Å². The Morgan fingerprint density at radius 2 is 1.72 bits per heavy atom. The summed E-state index contributed by atoms with van der Waals surface area (Å²) >= 11 is 0. The lowest BCUT2D eigenvalue weighted by molar-refractivity contribution is 0.0687. The number of benzene rings is 2. The topological polar surface area (TPSA) is 112 Å². The zero-order valence-corrected chi connectivity index (χ0v) is 15.5. The number of carboxylic acids is 2. The summed E-state index contributed by atoms with van der Waals surface area (Å²) in [6, 6.07) is 12.1. The van der Waals surface area contributed by atoms with Crippen molar-refractivity contribution in [3.05, 3.63) is 59.8 Å². The Labute approximate surface area is 166 Å². The normalized spacial score (nSPS) is 14.0. The van der Waals surface area contributed by atoms with E-state index < -0.39 is 11.9 Å². The number of morpholine rings is 1. The Hall–Kier alpha value is -3.65. The number of aromatic nitrogens is 1. The predicted octanol–water partition coefficient (Wildman–Crippen LogP) is 3.21. The van der Waals surface area contributed by atoms with Gasteiger partial charge in [-0.2, -0.15) is 0 Å². The van der Waals surface area contributed by atoms with Crippen LogP contribution in [0.1, 0.15) is 20.7 Å². The molecule has 4 rings (SSSR count). The standard InChI is InChI=1S/C21H19N3O5/c25-20(26)13-1-6-18-16(11-13)19(17(12-22-18)21(27)28)23-14-2-4-15(5-3-14)24-7-9-29-10-8-24/h1-6,11-12H,7-10H2,(H,22,23)(H,25,26)(H,27,28). The zero-order chi connectivity index (χ0) is 20.4. The Kier molecular flexibility index (Phi) is 5.01. The number of fused-ring (bicyclic) bond motifs is 1. The molecule has 1 aromatic heterocycles. The van der Waals surface area contributed by atoms with Crippen LogP contribution in [0.5, 0.6) is 0 Å². The van der Waals surface area contributed by atoms with E-state index in [1.54, 1.807) is 6.07 Å². The summed E-state index contributed by atoms with van der Waals surface area (Å²) in [6.07, 6.45) is 1.27. The van der Waals surface area contributed by atoms with Crippen molar-refractivity contribution < 1.29 is 24.5 Å². The Balaban J connectivity index is 1.72. The highest BCUT2D eigenvalue weighted by molar-refractivity contribution is 6.07. The average molecular weight is 393 g/mol. The first-order valence-electron chi connectivity index (χ1n) is 9.12. The number of nitrogens with zero attached hydrogens (tertiary/aromatic N) is 2. The van der Waals surface area contributed by atoms with Crippen LogP contribution < -0.4 is 10.2 Å². The summed E-state index contributed by atoms with van der Waals surface area (Å²) in [6.45, 7) is 3.03. The van der Waals surface area contributed by atoms with Crippen molar-refractivity contribution in [2.75, 3.05) is 36.5 Å². The number of carbonyl (C=O) groups is 2. The average Bonchev–Trinajstić information content (AvgIpc) is 2.74. The highest BCUT2D eigenvalue weighted by atomic mass is 16.5. The number of pyridine rings is 1. The molecule has 1 aliphatic heterocycles. The molecular weight excluding hydrogens is 374 g/mol. The summed E-state index contributed by atoms with van der Waals surface area (Å²) in [5, 5.41) is 22.4. The van der Waals surface area contributed by atoms with Gasteiger partial charge in [0.15, 0.2) is 0 Å². The van der Waals surface area contributed by atoms with Crippen molar-refractivity contribution >= 4 is 39.9 Å². The van der Waals surface area contributed by atoms with Gasteiger partial charge in [0.2, 0.25) is 0 Å². The summed E-state index contributed by atoms with van der Waals surface area (Å²) < 4.78 is 5.37. The molecule has 0 atom stereocenters. The number of anilines is 3. The Morgan fingerprint density at radius 3 is 2.38 bits per heavy atom. The van der Waals surface area contributed by atoms with Crippen LogP contribution in [0.25, 0.3) is 10.9 Å². The maximum Gasteiger partial charge on any atom is 0.339 e. The molecule has 8 nitrogen and oxygen atoms in total. The molecule has 0 saturated carbocycles. The third-order valence-corrected chi connectivity index (χ3v) is 4.86. The van der Waals surface area contributed by atoms with Crippen LogP contribution in [0.4, 0.5) is 17.1 Å². The predicted molar refractivity (Wildman–Crippen MR) is 108 cm³/mol. The fraction of sp³-hybridized carbons (Fsp3) is 0.190. The van der Waals surface area contributed by atoms with E-state index in [1.807, 2.05) is 24.3 Å². The van der Waals surface area contributed by atoms with Gasteiger partial charge in [0, 0.05) is 36.0 Å². The Bertz CT molecular complexity index is 1070. The largest absolute Gasteiger partial charge is 0.478 e. The highest BCUT2D eigenvalue weighted by Crippen LogP contribution is 2.31. The molecule has 148 valence electrons. The second-order valence-corrected chi connectivity index (χ2v) is 6.66. The molecule has 0 unspecified atom stereocenters. The molecule has 2 heterocycles. The molecular formula is C21H19N3O5. The maximum atomic E-state index is 11.7. The quantitative estimate of drug-likeness (QED) is 0.606. The van der Waals surface area contributed by atoms with Crippen LogP contribution in [0, 0.1) is 0 Å². The van der Waals surface area contributed by atoms with Crippen molar-refractivity contribution in [3.63, 3.8) is 0 Å². The lowest BCUT2D eigenvalue weighted by Crippen LogP contribution is -2.36. The van der Waals surface area contributed by atoms with Gasteiger partial charge in [0.1, 0.15) is 5.56 Å². The minimum absolute atomic E-state index is 0.0303. The SMILES string of the molecule is O=C(O)c1ccc2ncc(C(=O)O)c(Nc3ccc(N4CCOCC4)cc3)c2c1. The monoisotopic (exact) mass is 393 g/mol. The van der Waals surface area contributed by atoms with Gasteiger partial charge in [0.25, 0.3) is 0 Å². The van der Waals surface area contributed by atoms with Crippen molar-refractivity contribution in [1.29, 1.82) is 0 Å². The van der Waals surface area contributed by atoms with Gasteiger partial charge in [-0.05, 0) is 42.5 Å². The molecule has 3 aromatic rings. The van der Waals surface area contributed by atoms with E-state index in [0.717, 1.165) is 18.8 Å². The fourth-order valence-electron chi connectivity index (χ4n) is 3.34. The number of ether oxygens (including phenoxy) is 1. The van der Waals surface area contributed by atoms with E-state index in [4.69, 9.17) is 4.74 Å². The molecule has 0 aliphatic carbocycles. The van der Waals surface area contributed by atoms with Crippen molar-refractivity contribution in [2.45, 2.75) is 0 Å². The summed E-state index contributed by atoms with van der Waals surface area (Å²) in [7, 11) is 0. The second kappa shape index (κ2) is 7.76. The first kappa shape index (κ1) is 18.7. The smallest absolute Gasteiger partial charge is 0.339 e. The Morgan fingerprint density at radius 1 is 1.00 bits per heavy atom. The number of hydrogen-bond donors (Lipinski definition) is 3. The zero-order valence-electron chi connectivity index (χ0n) is 15.5. The molecule has 8 heteroatoms. The molecule has 0 radical (unpaired) electrons. The molecule has 3 N–H and O–H groups in total. The molecule has 1 aliphatic rings. The van der Waals surface area contributed by atoms with Gasteiger partial charge < -0.3 is 25.2 Å². The van der Waals surface area contributed by atoms with E-state index in [2.05, 4.69) is 15.2 Å². The van der Waals surface area contributed by atoms with Gasteiger partial charge in [-0.3, -0.25) is 4.98 Å². The first-order valence-corrected chi connectivity index (χ1v) is 9.12. The van der Waals surface area contributed by atoms with Crippen molar-refractivity contribution in [1.82, 2.24) is 4.98 Å². The molecule has 0 amide bonds.